The van der Waals surface area contributed by atoms with Crippen molar-refractivity contribution in [2.45, 2.75) is 20.3 Å². The molecule has 0 unspecified atom stereocenters. The molecule has 0 saturated heterocycles. The number of carbonyl (C=O) groups is 1. The minimum absolute atomic E-state index is 0.269. The van der Waals surface area contributed by atoms with Crippen LogP contribution in [0.4, 0.5) is 11.6 Å². The third-order valence-corrected chi connectivity index (χ3v) is 4.28. The zero-order chi connectivity index (χ0) is 17.1. The number of aryl methyl sites for hydroxylation is 2. The summed E-state index contributed by atoms with van der Waals surface area (Å²) in [6, 6.07) is 3.53. The van der Waals surface area contributed by atoms with E-state index in [2.05, 4.69) is 30.7 Å². The molecule has 8 nitrogen and oxygen atoms in total. The van der Waals surface area contributed by atoms with Gasteiger partial charge in [0, 0.05) is 24.6 Å². The monoisotopic (exact) mass is 343 g/mol. The van der Waals surface area contributed by atoms with Crippen molar-refractivity contribution < 1.29 is 4.79 Å². The van der Waals surface area contributed by atoms with Crippen molar-refractivity contribution in [2.24, 2.45) is 0 Å². The predicted octanol–water partition coefficient (Wildman–Crippen LogP) is 2.28. The van der Waals surface area contributed by atoms with Gasteiger partial charge in [0.15, 0.2) is 5.82 Å². The number of hydrogen-bond donors (Lipinski definition) is 2. The van der Waals surface area contributed by atoms with Gasteiger partial charge in [0.05, 0.1) is 10.7 Å². The predicted molar refractivity (Wildman–Crippen MR) is 92.9 cm³/mol. The summed E-state index contributed by atoms with van der Waals surface area (Å²) in [4.78, 5) is 25.0. The number of carbonyl (C=O) groups excluding carboxylic acids is 1. The van der Waals surface area contributed by atoms with Crippen LogP contribution in [0.2, 0.25) is 0 Å². The summed E-state index contributed by atoms with van der Waals surface area (Å²) in [6.45, 7) is 3.86. The Labute approximate surface area is 143 Å². The Bertz CT molecular complexity index is 870. The van der Waals surface area contributed by atoms with Crippen LogP contribution in [0.5, 0.6) is 0 Å². The second kappa shape index (κ2) is 6.75. The molecule has 0 saturated carbocycles. The third kappa shape index (κ3) is 3.25. The summed E-state index contributed by atoms with van der Waals surface area (Å²) in [5, 5.41) is 12.9. The maximum Gasteiger partial charge on any atom is 0.276 e. The minimum atomic E-state index is -0.269. The molecule has 3 aromatic rings. The summed E-state index contributed by atoms with van der Waals surface area (Å²) in [5.41, 5.74) is 1.17. The fourth-order valence-corrected chi connectivity index (χ4v) is 2.85. The van der Waals surface area contributed by atoms with Crippen LogP contribution in [-0.4, -0.2) is 37.7 Å². The molecule has 3 aromatic heterocycles. The average Bonchev–Trinajstić information content (AvgIpc) is 3.21. The lowest BCUT2D eigenvalue weighted by atomic mass is 10.4. The minimum Gasteiger partial charge on any atom is -0.373 e. The second-order valence-corrected chi connectivity index (χ2v) is 5.97. The van der Waals surface area contributed by atoms with Crippen molar-refractivity contribution in [3.63, 3.8) is 0 Å². The summed E-state index contributed by atoms with van der Waals surface area (Å²) in [5.74, 6) is 1.49. The highest BCUT2D eigenvalue weighted by Gasteiger charge is 2.15. The first kappa shape index (κ1) is 16.1. The molecule has 0 spiro atoms. The first-order chi connectivity index (χ1) is 11.6. The molecule has 0 aliphatic carbocycles. The fourth-order valence-electron chi connectivity index (χ4n) is 2.12. The molecule has 1 amide bonds. The van der Waals surface area contributed by atoms with Crippen LogP contribution < -0.4 is 10.6 Å². The number of amides is 1. The number of rotatable bonds is 5. The summed E-state index contributed by atoms with van der Waals surface area (Å²) < 4.78 is 1.57. The first-order valence-electron chi connectivity index (χ1n) is 7.43. The maximum atomic E-state index is 12.4. The lowest BCUT2D eigenvalue weighted by Gasteiger charge is -2.08. The van der Waals surface area contributed by atoms with Gasteiger partial charge in [-0.3, -0.25) is 4.79 Å². The Morgan fingerprint density at radius 2 is 2.17 bits per heavy atom. The van der Waals surface area contributed by atoms with Crippen molar-refractivity contribution in [2.75, 3.05) is 17.7 Å². The van der Waals surface area contributed by atoms with E-state index in [1.54, 1.807) is 29.2 Å². The number of nitrogens with zero attached hydrogens (tertiary/aromatic N) is 5. The van der Waals surface area contributed by atoms with Gasteiger partial charge in [-0.15, -0.1) is 11.3 Å². The number of anilines is 2. The Morgan fingerprint density at radius 1 is 1.33 bits per heavy atom. The van der Waals surface area contributed by atoms with Crippen LogP contribution in [0, 0.1) is 6.92 Å². The standard InChI is InChI=1S/C15H17N7OS/c1-4-14-19-10(7-24-14)15(23)20-13-5-9(2)21-22(13)12-6-11(16-3)17-8-18-12/h5-8H,4H2,1-3H3,(H,20,23)(H,16,17,18). The van der Waals surface area contributed by atoms with Gasteiger partial charge >= 0.3 is 0 Å². The van der Waals surface area contributed by atoms with E-state index in [9.17, 15) is 4.79 Å². The Morgan fingerprint density at radius 3 is 2.88 bits per heavy atom. The van der Waals surface area contributed by atoms with E-state index in [0.717, 1.165) is 17.1 Å². The summed E-state index contributed by atoms with van der Waals surface area (Å²) >= 11 is 1.48. The van der Waals surface area contributed by atoms with Crippen molar-refractivity contribution in [1.82, 2.24) is 24.7 Å². The molecule has 0 aliphatic rings. The van der Waals surface area contributed by atoms with Gasteiger partial charge in [-0.25, -0.2) is 15.0 Å². The van der Waals surface area contributed by atoms with Crippen LogP contribution in [0.25, 0.3) is 5.82 Å². The molecule has 0 bridgehead atoms. The molecule has 0 radical (unpaired) electrons. The lowest BCUT2D eigenvalue weighted by molar-refractivity contribution is 0.102. The molecule has 3 rings (SSSR count). The second-order valence-electron chi connectivity index (χ2n) is 5.03. The van der Waals surface area contributed by atoms with Gasteiger partial charge in [0.25, 0.3) is 5.91 Å². The van der Waals surface area contributed by atoms with Gasteiger partial charge in [0.1, 0.15) is 23.7 Å². The van der Waals surface area contributed by atoms with Crippen LogP contribution in [-0.2, 0) is 6.42 Å². The number of hydrogen-bond acceptors (Lipinski definition) is 7. The lowest BCUT2D eigenvalue weighted by Crippen LogP contribution is -2.16. The summed E-state index contributed by atoms with van der Waals surface area (Å²) in [7, 11) is 1.77. The van der Waals surface area contributed by atoms with E-state index in [-0.39, 0.29) is 5.91 Å². The van der Waals surface area contributed by atoms with Gasteiger partial charge in [-0.2, -0.15) is 9.78 Å². The van der Waals surface area contributed by atoms with E-state index in [1.807, 2.05) is 13.8 Å². The first-order valence-corrected chi connectivity index (χ1v) is 8.31. The third-order valence-electron chi connectivity index (χ3n) is 3.29. The van der Waals surface area contributed by atoms with Gasteiger partial charge < -0.3 is 10.6 Å². The molecule has 0 aromatic carbocycles. The van der Waals surface area contributed by atoms with Crippen molar-refractivity contribution in [3.8, 4) is 5.82 Å². The number of thiazole rings is 1. The average molecular weight is 343 g/mol. The maximum absolute atomic E-state index is 12.4. The number of nitrogens with one attached hydrogen (secondary N) is 2. The number of aromatic nitrogens is 5. The highest BCUT2D eigenvalue weighted by Crippen LogP contribution is 2.18. The smallest absolute Gasteiger partial charge is 0.276 e. The normalized spacial score (nSPS) is 10.6. The fraction of sp³-hybridized carbons (Fsp3) is 0.267. The van der Waals surface area contributed by atoms with Crippen molar-refractivity contribution >= 4 is 28.9 Å². The quantitative estimate of drug-likeness (QED) is 0.737. The van der Waals surface area contributed by atoms with Crippen molar-refractivity contribution in [3.05, 3.63) is 40.2 Å². The van der Waals surface area contributed by atoms with Crippen LogP contribution >= 0.6 is 11.3 Å². The molecule has 0 atom stereocenters. The molecule has 9 heteroatoms. The van der Waals surface area contributed by atoms with Gasteiger partial charge in [-0.1, -0.05) is 6.92 Å². The van der Waals surface area contributed by atoms with Gasteiger partial charge in [0.2, 0.25) is 0 Å². The zero-order valence-electron chi connectivity index (χ0n) is 13.6. The Balaban J connectivity index is 1.90. The summed E-state index contributed by atoms with van der Waals surface area (Å²) in [6.07, 6.45) is 2.25. The van der Waals surface area contributed by atoms with Crippen LogP contribution in [0.1, 0.15) is 28.1 Å². The molecule has 0 fully saturated rings. The van der Waals surface area contributed by atoms with E-state index >= 15 is 0 Å². The molecule has 124 valence electrons. The molecular weight excluding hydrogens is 326 g/mol. The molecule has 0 aliphatic heterocycles. The van der Waals surface area contributed by atoms with E-state index < -0.39 is 0 Å². The van der Waals surface area contributed by atoms with E-state index in [1.165, 1.54) is 17.7 Å². The topological polar surface area (TPSA) is 97.6 Å². The SMILES string of the molecule is CCc1nc(C(=O)Nc2cc(C)nn2-c2cc(NC)ncn2)cs1. The molecule has 3 heterocycles. The molecular formula is C15H17N7OS. The highest BCUT2D eigenvalue weighted by molar-refractivity contribution is 7.09. The Hall–Kier alpha value is -2.81. The highest BCUT2D eigenvalue weighted by atomic mass is 32.1. The Kier molecular flexibility index (Phi) is 4.52. The van der Waals surface area contributed by atoms with Crippen LogP contribution in [0.15, 0.2) is 23.8 Å². The largest absolute Gasteiger partial charge is 0.373 e. The van der Waals surface area contributed by atoms with Crippen LogP contribution in [0.3, 0.4) is 0 Å². The van der Waals surface area contributed by atoms with E-state index in [0.29, 0.717) is 23.1 Å². The zero-order valence-corrected chi connectivity index (χ0v) is 14.4. The van der Waals surface area contributed by atoms with E-state index in [4.69, 9.17) is 0 Å². The molecule has 24 heavy (non-hydrogen) atoms. The van der Waals surface area contributed by atoms with Gasteiger partial charge in [-0.05, 0) is 13.3 Å². The molecule has 2 N–H and O–H groups in total. The van der Waals surface area contributed by atoms with Crippen molar-refractivity contribution in [1.29, 1.82) is 0 Å².